The predicted octanol–water partition coefficient (Wildman–Crippen LogP) is 7.35. The monoisotopic (exact) mass is 825 g/mol. The molecule has 1 N–H and O–H groups in total. The first-order chi connectivity index (χ1) is 27.8. The van der Waals surface area contributed by atoms with Gasteiger partial charge in [-0.3, -0.25) is 4.99 Å². The normalized spacial score (nSPS) is 16.2. The number of ether oxygens (including phenoxy) is 4. The standard InChI is InChI=1S/C42H47F4N5O6S/c1-28-10-9-13-37-35(28)26-50(58(52,53)42(44,45)46)25-32(17-14-29-11-7-6-8-12-29)51(37)27-40-47-22-36(43)41(48-40)49(23-30-15-18-33(54-2)20-38(30)56-4)24-31-16-19-34(55-3)21-39(31)57-5/h6-13,15-16,18-21,32H,14,17,22-27H2,1-5H3,(H,47,48). The molecule has 0 radical (unpaired) electrons. The highest BCUT2D eigenvalue weighted by Gasteiger charge is 2.51. The average molecular weight is 826 g/mol. The van der Waals surface area contributed by atoms with E-state index in [1.54, 1.807) is 68.5 Å². The van der Waals surface area contributed by atoms with Gasteiger partial charge in [-0.1, -0.05) is 42.5 Å². The van der Waals surface area contributed by atoms with Gasteiger partial charge in [-0.25, -0.2) is 12.8 Å². The molecule has 0 aromatic heterocycles. The molecule has 1 unspecified atom stereocenters. The van der Waals surface area contributed by atoms with E-state index in [2.05, 4.69) is 10.3 Å². The van der Waals surface area contributed by atoms with Gasteiger partial charge in [-0.2, -0.15) is 17.5 Å². The van der Waals surface area contributed by atoms with Crippen LogP contribution in [0.15, 0.2) is 102 Å². The highest BCUT2D eigenvalue weighted by atomic mass is 32.2. The van der Waals surface area contributed by atoms with Gasteiger partial charge in [-0.05, 0) is 66.8 Å². The van der Waals surface area contributed by atoms with Crippen LogP contribution in [0.1, 0.15) is 34.2 Å². The van der Waals surface area contributed by atoms with Crippen molar-refractivity contribution in [3.8, 4) is 23.0 Å². The first kappa shape index (κ1) is 42.1. The van der Waals surface area contributed by atoms with Crippen LogP contribution in [0.3, 0.4) is 0 Å². The number of aryl methyl sites for hydroxylation is 2. The van der Waals surface area contributed by atoms with Crippen LogP contribution >= 0.6 is 0 Å². The van der Waals surface area contributed by atoms with E-state index in [-0.39, 0.29) is 32.0 Å². The van der Waals surface area contributed by atoms with E-state index in [0.29, 0.717) is 62.8 Å². The smallest absolute Gasteiger partial charge is 0.497 e. The summed E-state index contributed by atoms with van der Waals surface area (Å²) in [4.78, 5) is 8.25. The van der Waals surface area contributed by atoms with Gasteiger partial charge in [0.25, 0.3) is 0 Å². The number of nitrogens with one attached hydrogen (secondary N) is 1. The van der Waals surface area contributed by atoms with Crippen molar-refractivity contribution in [3.05, 3.63) is 124 Å². The fourth-order valence-corrected chi connectivity index (χ4v) is 8.24. The lowest BCUT2D eigenvalue weighted by Gasteiger charge is -2.37. The Labute approximate surface area is 336 Å². The number of alkyl halides is 3. The molecular formula is C42H47F4N5O6S. The molecule has 0 fully saturated rings. The van der Waals surface area contributed by atoms with Crippen molar-refractivity contribution < 1.29 is 44.9 Å². The quantitative estimate of drug-likeness (QED) is 0.123. The van der Waals surface area contributed by atoms with Gasteiger partial charge >= 0.3 is 15.5 Å². The second kappa shape index (κ2) is 18.0. The zero-order valence-corrected chi connectivity index (χ0v) is 33.8. The molecule has 310 valence electrons. The van der Waals surface area contributed by atoms with Crippen LogP contribution in [-0.4, -0.2) is 83.1 Å². The van der Waals surface area contributed by atoms with Crippen LogP contribution in [0.2, 0.25) is 0 Å². The number of anilines is 1. The molecule has 0 amide bonds. The number of fused-ring (bicyclic) bond motifs is 1. The highest BCUT2D eigenvalue weighted by Crippen LogP contribution is 2.37. The third kappa shape index (κ3) is 9.28. The average Bonchev–Trinajstić information content (AvgIpc) is 3.38. The van der Waals surface area contributed by atoms with Crippen LogP contribution in [0, 0.1) is 6.92 Å². The Hall–Kier alpha value is -5.48. The minimum atomic E-state index is -5.70. The zero-order chi connectivity index (χ0) is 41.6. The maximum atomic E-state index is 16.3. The molecule has 6 rings (SSSR count). The van der Waals surface area contributed by atoms with Crippen molar-refractivity contribution in [1.82, 2.24) is 14.5 Å². The van der Waals surface area contributed by atoms with Crippen LogP contribution in [0.5, 0.6) is 23.0 Å². The second-order valence-corrected chi connectivity index (χ2v) is 15.9. The molecule has 2 heterocycles. The first-order valence-corrected chi connectivity index (χ1v) is 20.0. The number of rotatable bonds is 15. The topological polar surface area (TPSA) is 105 Å². The number of hydrogen-bond acceptors (Lipinski definition) is 10. The third-order valence-electron chi connectivity index (χ3n) is 10.4. The van der Waals surface area contributed by atoms with E-state index in [0.717, 1.165) is 16.7 Å². The number of halogens is 4. The predicted molar refractivity (Wildman–Crippen MR) is 214 cm³/mol. The lowest BCUT2D eigenvalue weighted by Crippen LogP contribution is -2.50. The van der Waals surface area contributed by atoms with Crippen LogP contribution in [0.4, 0.5) is 23.2 Å². The van der Waals surface area contributed by atoms with Crippen LogP contribution in [0.25, 0.3) is 0 Å². The van der Waals surface area contributed by atoms with Gasteiger partial charge in [0.15, 0.2) is 5.83 Å². The summed E-state index contributed by atoms with van der Waals surface area (Å²) in [5.74, 6) is 2.13. The third-order valence-corrected chi connectivity index (χ3v) is 11.9. The molecular weight excluding hydrogens is 779 g/mol. The highest BCUT2D eigenvalue weighted by molar-refractivity contribution is 7.89. The summed E-state index contributed by atoms with van der Waals surface area (Å²) in [6.07, 6.45) is 0.774. The Kier molecular flexibility index (Phi) is 13.1. The zero-order valence-electron chi connectivity index (χ0n) is 33.0. The molecule has 0 spiro atoms. The molecule has 58 heavy (non-hydrogen) atoms. The molecule has 4 aromatic carbocycles. The largest absolute Gasteiger partial charge is 0.511 e. The number of nitrogens with zero attached hydrogens (tertiary/aromatic N) is 4. The van der Waals surface area contributed by atoms with E-state index in [4.69, 9.17) is 18.9 Å². The first-order valence-electron chi connectivity index (χ1n) is 18.6. The molecule has 0 saturated heterocycles. The van der Waals surface area contributed by atoms with Gasteiger partial charge in [0.2, 0.25) is 0 Å². The van der Waals surface area contributed by atoms with E-state index in [1.807, 2.05) is 47.4 Å². The molecule has 2 aliphatic rings. The van der Waals surface area contributed by atoms with Crippen molar-refractivity contribution >= 4 is 21.5 Å². The number of hydrogen-bond donors (Lipinski definition) is 1. The molecule has 1 atom stereocenters. The Bertz CT molecular complexity index is 2200. The van der Waals surface area contributed by atoms with Gasteiger partial charge < -0.3 is 34.1 Å². The van der Waals surface area contributed by atoms with E-state index in [9.17, 15) is 21.6 Å². The van der Waals surface area contributed by atoms with Crippen molar-refractivity contribution in [2.75, 3.05) is 53.0 Å². The van der Waals surface area contributed by atoms with Crippen molar-refractivity contribution in [3.63, 3.8) is 0 Å². The summed E-state index contributed by atoms with van der Waals surface area (Å²) in [6.45, 7) is 0.869. The number of aliphatic imine (C=N–C) groups is 1. The Balaban J connectivity index is 1.38. The summed E-state index contributed by atoms with van der Waals surface area (Å²) < 4.78 is 108. The van der Waals surface area contributed by atoms with Gasteiger partial charge in [0.1, 0.15) is 34.7 Å². The summed E-state index contributed by atoms with van der Waals surface area (Å²) in [7, 11) is 0.468. The molecule has 4 aromatic rings. The minimum absolute atomic E-state index is 0.0121. The van der Waals surface area contributed by atoms with Crippen molar-refractivity contribution in [1.29, 1.82) is 0 Å². The SMILES string of the molecule is COc1ccc(CN(Cc2ccc(OC)cc2OC)C2=C(F)CN=C(CN3c4cccc(C)c4CN(S(=O)(=O)C(F)(F)F)CC3CCc3ccccc3)N2)c(OC)c1. The summed E-state index contributed by atoms with van der Waals surface area (Å²) in [5.41, 5.74) is -1.45. The van der Waals surface area contributed by atoms with E-state index >= 15 is 4.39 Å². The van der Waals surface area contributed by atoms with Gasteiger partial charge in [-0.15, -0.1) is 0 Å². The van der Waals surface area contributed by atoms with Crippen LogP contribution < -0.4 is 29.2 Å². The van der Waals surface area contributed by atoms with Crippen LogP contribution in [-0.2, 0) is 36.1 Å². The fourth-order valence-electron chi connectivity index (χ4n) is 7.28. The summed E-state index contributed by atoms with van der Waals surface area (Å²) in [5, 5.41) is 3.23. The molecule has 0 bridgehead atoms. The lowest BCUT2D eigenvalue weighted by atomic mass is 10.0. The maximum Gasteiger partial charge on any atom is 0.511 e. The number of methoxy groups -OCH3 is 4. The van der Waals surface area contributed by atoms with Gasteiger partial charge in [0.05, 0.1) is 41.5 Å². The Morgan fingerprint density at radius 3 is 2.03 bits per heavy atom. The Morgan fingerprint density at radius 2 is 1.47 bits per heavy atom. The fraction of sp³-hybridized carbons (Fsp3) is 0.357. The van der Waals surface area contributed by atoms with Gasteiger partial charge in [0, 0.05) is 61.2 Å². The summed E-state index contributed by atoms with van der Waals surface area (Å²) >= 11 is 0. The molecule has 16 heteroatoms. The maximum absolute atomic E-state index is 16.3. The Morgan fingerprint density at radius 1 is 0.845 bits per heavy atom. The van der Waals surface area contributed by atoms with E-state index in [1.165, 1.54) is 14.2 Å². The number of sulfonamides is 1. The minimum Gasteiger partial charge on any atom is -0.497 e. The number of benzene rings is 4. The molecule has 0 saturated carbocycles. The molecule has 0 aliphatic carbocycles. The van der Waals surface area contributed by atoms with E-state index < -0.39 is 40.5 Å². The molecule has 11 nitrogen and oxygen atoms in total. The lowest BCUT2D eigenvalue weighted by molar-refractivity contribution is -0.0492. The van der Waals surface area contributed by atoms with Crippen molar-refractivity contribution in [2.24, 2.45) is 4.99 Å². The second-order valence-electron chi connectivity index (χ2n) is 14.0. The van der Waals surface area contributed by atoms with Crippen molar-refractivity contribution in [2.45, 2.75) is 50.9 Å². The number of amidine groups is 1. The molecule has 2 aliphatic heterocycles. The summed E-state index contributed by atoms with van der Waals surface area (Å²) in [6, 6.07) is 24.7.